The van der Waals surface area contributed by atoms with E-state index in [4.69, 9.17) is 12.2 Å². The molecule has 162 valence electrons. The van der Waals surface area contributed by atoms with Gasteiger partial charge in [0.2, 0.25) is 0 Å². The van der Waals surface area contributed by atoms with E-state index >= 15 is 0 Å². The minimum Gasteiger partial charge on any atom is -0.371 e. The van der Waals surface area contributed by atoms with Crippen LogP contribution in [-0.2, 0) is 13.0 Å². The lowest BCUT2D eigenvalue weighted by molar-refractivity contribution is 0.319. The van der Waals surface area contributed by atoms with Crippen molar-refractivity contribution in [2.45, 2.75) is 72.9 Å². The molecule has 0 radical (unpaired) electrons. The minimum atomic E-state index is 0.378. The molecule has 0 saturated carbocycles. The van der Waals surface area contributed by atoms with E-state index in [9.17, 15) is 0 Å². The first-order chi connectivity index (χ1) is 14.4. The Morgan fingerprint density at radius 1 is 1.13 bits per heavy atom. The summed E-state index contributed by atoms with van der Waals surface area (Å²) in [6.45, 7) is 14.2. The van der Waals surface area contributed by atoms with Crippen LogP contribution in [0.3, 0.4) is 0 Å². The van der Waals surface area contributed by atoms with Crippen LogP contribution in [0.15, 0.2) is 36.4 Å². The number of aryl methyl sites for hydroxylation is 3. The van der Waals surface area contributed by atoms with Gasteiger partial charge in [-0.05, 0) is 99.1 Å². The third-order valence-corrected chi connectivity index (χ3v) is 6.40. The third kappa shape index (κ3) is 5.54. The van der Waals surface area contributed by atoms with Gasteiger partial charge in [0.15, 0.2) is 5.11 Å². The van der Waals surface area contributed by atoms with E-state index in [0.717, 1.165) is 30.3 Å². The summed E-state index contributed by atoms with van der Waals surface area (Å²) in [6.07, 6.45) is 4.68. The monoisotopic (exact) mass is 423 g/mol. The Morgan fingerprint density at radius 2 is 1.87 bits per heavy atom. The molecule has 2 aromatic rings. The first-order valence-electron chi connectivity index (χ1n) is 11.4. The molecule has 1 N–H and O–H groups in total. The Hall–Kier alpha value is -2.07. The summed E-state index contributed by atoms with van der Waals surface area (Å²) >= 11 is 5.87. The maximum atomic E-state index is 5.87. The van der Waals surface area contributed by atoms with Crippen molar-refractivity contribution in [1.29, 1.82) is 0 Å². The van der Waals surface area contributed by atoms with Gasteiger partial charge >= 0.3 is 0 Å². The third-order valence-electron chi connectivity index (χ3n) is 6.06. The van der Waals surface area contributed by atoms with Crippen LogP contribution in [0.5, 0.6) is 0 Å². The molecular formula is C26H37N3S. The second kappa shape index (κ2) is 10.3. The van der Waals surface area contributed by atoms with Crippen molar-refractivity contribution in [3.05, 3.63) is 58.7 Å². The zero-order chi connectivity index (χ0) is 21.7. The fourth-order valence-electron chi connectivity index (χ4n) is 4.42. The Morgan fingerprint density at radius 3 is 2.53 bits per heavy atom. The summed E-state index contributed by atoms with van der Waals surface area (Å²) in [7, 11) is 0. The van der Waals surface area contributed by atoms with E-state index in [1.54, 1.807) is 0 Å². The van der Waals surface area contributed by atoms with Crippen molar-refractivity contribution in [2.75, 3.05) is 23.3 Å². The average molecular weight is 424 g/mol. The first kappa shape index (κ1) is 22.6. The molecule has 1 aliphatic heterocycles. The number of rotatable bonds is 7. The van der Waals surface area contributed by atoms with Crippen molar-refractivity contribution in [3.63, 3.8) is 0 Å². The molecule has 30 heavy (non-hydrogen) atoms. The maximum Gasteiger partial charge on any atom is 0.173 e. The van der Waals surface area contributed by atoms with Crippen LogP contribution in [0.1, 0.15) is 62.3 Å². The molecule has 1 aliphatic rings. The maximum absolute atomic E-state index is 5.87. The summed E-state index contributed by atoms with van der Waals surface area (Å²) in [5.41, 5.74) is 7.84. The molecule has 4 heteroatoms. The molecule has 0 aliphatic carbocycles. The molecule has 0 amide bonds. The fraction of sp³-hybridized carbons (Fsp3) is 0.500. The molecule has 1 atom stereocenters. The first-order valence-corrected chi connectivity index (χ1v) is 11.8. The van der Waals surface area contributed by atoms with E-state index < -0.39 is 0 Å². The number of nitrogens with zero attached hydrogens (tertiary/aromatic N) is 2. The van der Waals surface area contributed by atoms with Gasteiger partial charge in [-0.1, -0.05) is 32.0 Å². The van der Waals surface area contributed by atoms with Crippen LogP contribution in [-0.4, -0.2) is 29.1 Å². The van der Waals surface area contributed by atoms with Crippen molar-refractivity contribution in [3.8, 4) is 0 Å². The van der Waals surface area contributed by atoms with Gasteiger partial charge in [-0.15, -0.1) is 0 Å². The van der Waals surface area contributed by atoms with Crippen molar-refractivity contribution < 1.29 is 0 Å². The molecule has 0 spiro atoms. The molecular weight excluding hydrogens is 386 g/mol. The Bertz CT molecular complexity index is 856. The predicted molar refractivity (Wildman–Crippen MR) is 135 cm³/mol. The van der Waals surface area contributed by atoms with Gasteiger partial charge in [0.05, 0.1) is 0 Å². The average Bonchev–Trinajstić information content (AvgIpc) is 2.71. The van der Waals surface area contributed by atoms with Crippen LogP contribution in [0.2, 0.25) is 0 Å². The van der Waals surface area contributed by atoms with Crippen LogP contribution in [0.25, 0.3) is 0 Å². The van der Waals surface area contributed by atoms with Crippen LogP contribution >= 0.6 is 12.2 Å². The molecule has 0 bridgehead atoms. The molecule has 0 aromatic heterocycles. The van der Waals surface area contributed by atoms with Crippen molar-refractivity contribution >= 4 is 28.7 Å². The lowest BCUT2D eigenvalue weighted by atomic mass is 9.98. The zero-order valence-corrected chi connectivity index (χ0v) is 20.1. The molecule has 3 nitrogen and oxygen atoms in total. The molecule has 1 heterocycles. The second-order valence-electron chi connectivity index (χ2n) is 8.75. The SMILES string of the molecule is CCCN1CCCc2cc(CN(C(=S)Nc3cc(C)cc(C)c3)[C@H](C)CC)ccc21. The van der Waals surface area contributed by atoms with Gasteiger partial charge in [-0.2, -0.15) is 0 Å². The standard InChI is InChI=1S/C26H37N3S/c1-6-12-28-13-8-9-23-17-22(10-11-25(23)28)18-29(21(5)7-2)26(30)27-24-15-19(3)14-20(4)16-24/h10-11,14-17,21H,6-9,12-13,18H2,1-5H3,(H,27,30)/t21-/m1/s1. The highest BCUT2D eigenvalue weighted by molar-refractivity contribution is 7.80. The van der Waals surface area contributed by atoms with Crippen molar-refractivity contribution in [1.82, 2.24) is 4.90 Å². The normalized spacial score (nSPS) is 14.2. The van der Waals surface area contributed by atoms with Gasteiger partial charge in [-0.25, -0.2) is 0 Å². The van der Waals surface area contributed by atoms with Crippen LogP contribution in [0.4, 0.5) is 11.4 Å². The number of fused-ring (bicyclic) bond motifs is 1. The Kier molecular flexibility index (Phi) is 7.76. The number of anilines is 2. The molecule has 0 fully saturated rings. The largest absolute Gasteiger partial charge is 0.371 e. The number of hydrogen-bond acceptors (Lipinski definition) is 2. The van der Waals surface area contributed by atoms with E-state index in [1.165, 1.54) is 53.7 Å². The number of nitrogens with one attached hydrogen (secondary N) is 1. The number of thiocarbonyl (C=S) groups is 1. The van der Waals surface area contributed by atoms with E-state index in [2.05, 4.69) is 86.1 Å². The Balaban J connectivity index is 1.78. The molecule has 0 unspecified atom stereocenters. The summed E-state index contributed by atoms with van der Waals surface area (Å²) in [4.78, 5) is 4.88. The number of hydrogen-bond donors (Lipinski definition) is 1. The Labute approximate surface area is 188 Å². The molecule has 0 saturated heterocycles. The molecule has 2 aromatic carbocycles. The molecule has 3 rings (SSSR count). The van der Waals surface area contributed by atoms with Crippen LogP contribution in [0, 0.1) is 13.8 Å². The highest BCUT2D eigenvalue weighted by Crippen LogP contribution is 2.29. The van der Waals surface area contributed by atoms with Crippen LogP contribution < -0.4 is 10.2 Å². The summed E-state index contributed by atoms with van der Waals surface area (Å²) in [5, 5.41) is 4.30. The van der Waals surface area contributed by atoms with Crippen molar-refractivity contribution in [2.24, 2.45) is 0 Å². The summed E-state index contributed by atoms with van der Waals surface area (Å²) < 4.78 is 0. The highest BCUT2D eigenvalue weighted by Gasteiger charge is 2.20. The summed E-state index contributed by atoms with van der Waals surface area (Å²) in [6, 6.07) is 13.9. The smallest absolute Gasteiger partial charge is 0.173 e. The second-order valence-corrected chi connectivity index (χ2v) is 9.13. The highest BCUT2D eigenvalue weighted by atomic mass is 32.1. The lowest BCUT2D eigenvalue weighted by Crippen LogP contribution is -2.40. The summed E-state index contributed by atoms with van der Waals surface area (Å²) in [5.74, 6) is 0. The van der Waals surface area contributed by atoms with Gasteiger partial charge in [0.25, 0.3) is 0 Å². The fourth-order valence-corrected chi connectivity index (χ4v) is 4.78. The topological polar surface area (TPSA) is 18.5 Å². The zero-order valence-electron chi connectivity index (χ0n) is 19.3. The van der Waals surface area contributed by atoms with Gasteiger partial charge < -0.3 is 15.1 Å². The van der Waals surface area contributed by atoms with E-state index in [0.29, 0.717) is 6.04 Å². The predicted octanol–water partition coefficient (Wildman–Crippen LogP) is 6.46. The lowest BCUT2D eigenvalue weighted by Gasteiger charge is -2.34. The number of benzene rings is 2. The van der Waals surface area contributed by atoms with Gasteiger partial charge in [0.1, 0.15) is 0 Å². The quantitative estimate of drug-likeness (QED) is 0.515. The van der Waals surface area contributed by atoms with E-state index in [-0.39, 0.29) is 0 Å². The van der Waals surface area contributed by atoms with Gasteiger partial charge in [-0.3, -0.25) is 0 Å². The van der Waals surface area contributed by atoms with Gasteiger partial charge in [0, 0.05) is 37.1 Å². The minimum absolute atomic E-state index is 0.378. The van der Waals surface area contributed by atoms with E-state index in [1.807, 2.05) is 0 Å².